The Bertz CT molecular complexity index is 430. The Hall–Kier alpha value is -1.17. The van der Waals surface area contributed by atoms with Crippen molar-refractivity contribution in [1.82, 2.24) is 4.90 Å². The van der Waals surface area contributed by atoms with E-state index in [0.717, 1.165) is 0 Å². The Balaban J connectivity index is 0.00000361. The van der Waals surface area contributed by atoms with Crippen LogP contribution in [0.4, 0.5) is 5.69 Å². The predicted octanol–water partition coefficient (Wildman–Crippen LogP) is -0.249. The number of aliphatic hydroxyl groups excluding tert-OH is 1. The maximum atomic E-state index is 10.7. The van der Waals surface area contributed by atoms with Crippen LogP contribution < -0.4 is 12.4 Å². The number of rotatable bonds is 6. The number of halogens is 1. The van der Waals surface area contributed by atoms with E-state index in [1.54, 1.807) is 12.1 Å². The van der Waals surface area contributed by atoms with E-state index < -0.39 is 11.0 Å². The van der Waals surface area contributed by atoms with Crippen LogP contribution >= 0.6 is 0 Å². The number of nitro benzene ring substituents is 1. The predicted molar refractivity (Wildman–Crippen MR) is 75.0 cm³/mol. The van der Waals surface area contributed by atoms with Crippen molar-refractivity contribution < 1.29 is 22.4 Å². The number of nitro groups is 1. The smallest absolute Gasteiger partial charge is 0.269 e. The Labute approximate surface area is 126 Å². The second-order valence-corrected chi connectivity index (χ2v) is 5.25. The summed E-state index contributed by atoms with van der Waals surface area (Å²) in [4.78, 5) is 12.4. The van der Waals surface area contributed by atoms with E-state index in [0.29, 0.717) is 24.2 Å². The molecule has 1 unspecified atom stereocenters. The summed E-state index contributed by atoms with van der Waals surface area (Å²) in [6.07, 6.45) is -0.718. The molecule has 1 N–H and O–H groups in total. The van der Waals surface area contributed by atoms with Gasteiger partial charge in [-0.1, -0.05) is 12.1 Å². The molecule has 114 valence electrons. The molecule has 5 nitrogen and oxygen atoms in total. The first-order chi connectivity index (χ1) is 8.82. The summed E-state index contributed by atoms with van der Waals surface area (Å²) >= 11 is 0. The fourth-order valence-corrected chi connectivity index (χ4v) is 2.17. The fourth-order valence-electron chi connectivity index (χ4n) is 2.17. The van der Waals surface area contributed by atoms with E-state index in [1.807, 2.05) is 0 Å². The molecule has 0 radical (unpaired) electrons. The van der Waals surface area contributed by atoms with Crippen molar-refractivity contribution in [1.29, 1.82) is 0 Å². The van der Waals surface area contributed by atoms with Crippen LogP contribution in [0, 0.1) is 10.1 Å². The fraction of sp³-hybridized carbons (Fsp3) is 0.571. The van der Waals surface area contributed by atoms with Crippen LogP contribution in [0.15, 0.2) is 24.3 Å². The minimum Gasteiger partial charge on any atom is -1.00 e. The number of non-ortho nitro benzene ring substituents is 1. The topological polar surface area (TPSA) is 66.6 Å². The van der Waals surface area contributed by atoms with Gasteiger partial charge in [-0.2, -0.15) is 0 Å². The van der Waals surface area contributed by atoms with Crippen molar-refractivity contribution in [2.75, 3.05) is 6.54 Å². The van der Waals surface area contributed by atoms with Crippen LogP contribution in [0.2, 0.25) is 0 Å². The van der Waals surface area contributed by atoms with E-state index in [2.05, 4.69) is 32.6 Å². The second kappa shape index (κ2) is 8.19. The average Bonchev–Trinajstić information content (AvgIpc) is 2.34. The molecule has 0 aliphatic carbocycles. The molecule has 0 fully saturated rings. The van der Waals surface area contributed by atoms with Gasteiger partial charge in [0.25, 0.3) is 5.69 Å². The summed E-state index contributed by atoms with van der Waals surface area (Å²) in [5.41, 5.74) is 0.595. The van der Waals surface area contributed by atoms with Gasteiger partial charge in [-0.15, -0.1) is 0 Å². The molecule has 1 aromatic carbocycles. The molecule has 0 aromatic heterocycles. The summed E-state index contributed by atoms with van der Waals surface area (Å²) in [5.74, 6) is 0. The van der Waals surface area contributed by atoms with Crippen molar-refractivity contribution in [3.63, 3.8) is 0 Å². The van der Waals surface area contributed by atoms with Gasteiger partial charge < -0.3 is 17.5 Å². The quantitative estimate of drug-likeness (QED) is 0.581. The monoisotopic (exact) mass is 301 g/mol. The highest BCUT2D eigenvalue weighted by atomic mass is 35.5. The minimum atomic E-state index is -0.718. The zero-order valence-corrected chi connectivity index (χ0v) is 13.0. The van der Waals surface area contributed by atoms with Gasteiger partial charge >= 0.3 is 0 Å². The summed E-state index contributed by atoms with van der Waals surface area (Å²) in [7, 11) is 0. The van der Waals surface area contributed by atoms with Crippen LogP contribution in [-0.2, 0) is 0 Å². The highest BCUT2D eigenvalue weighted by molar-refractivity contribution is 5.35. The van der Waals surface area contributed by atoms with Gasteiger partial charge in [0, 0.05) is 30.8 Å². The minimum absolute atomic E-state index is 0. The van der Waals surface area contributed by atoms with E-state index >= 15 is 0 Å². The highest BCUT2D eigenvalue weighted by Crippen LogP contribution is 2.21. The largest absolute Gasteiger partial charge is 1.00 e. The highest BCUT2D eigenvalue weighted by Gasteiger charge is 2.19. The third kappa shape index (κ3) is 5.07. The van der Waals surface area contributed by atoms with Crippen LogP contribution in [-0.4, -0.2) is 33.6 Å². The lowest BCUT2D eigenvalue weighted by atomic mass is 10.1. The lowest BCUT2D eigenvalue weighted by molar-refractivity contribution is -0.385. The third-order valence-electron chi connectivity index (χ3n) is 3.18. The zero-order chi connectivity index (χ0) is 14.6. The number of aliphatic hydroxyl groups is 1. The van der Waals surface area contributed by atoms with E-state index in [9.17, 15) is 15.2 Å². The van der Waals surface area contributed by atoms with Gasteiger partial charge in [0.1, 0.15) is 0 Å². The van der Waals surface area contributed by atoms with Gasteiger partial charge in [0.15, 0.2) is 0 Å². The van der Waals surface area contributed by atoms with E-state index in [4.69, 9.17) is 0 Å². The van der Waals surface area contributed by atoms with Crippen LogP contribution in [0.25, 0.3) is 0 Å². The van der Waals surface area contributed by atoms with E-state index in [1.165, 1.54) is 12.1 Å². The summed E-state index contributed by atoms with van der Waals surface area (Å²) in [6, 6.07) is 6.81. The molecule has 1 atom stereocenters. The molecule has 0 aliphatic rings. The van der Waals surface area contributed by atoms with Crippen molar-refractivity contribution in [2.45, 2.75) is 45.9 Å². The molecular formula is C14H22ClN2O3-. The first kappa shape index (κ1) is 18.8. The standard InChI is InChI=1S/C14H22N2O3.ClH/c1-10(2)15(11(3)4)9-14(17)12-6-5-7-13(8-12)16(18)19;/h5-8,10-11,14,17H,9H2,1-4H3;1H/p-1. The first-order valence-electron chi connectivity index (χ1n) is 6.51. The number of benzene rings is 1. The molecule has 6 heteroatoms. The second-order valence-electron chi connectivity index (χ2n) is 5.25. The summed E-state index contributed by atoms with van der Waals surface area (Å²) < 4.78 is 0. The van der Waals surface area contributed by atoms with Gasteiger partial charge in [-0.05, 0) is 33.3 Å². The average molecular weight is 302 g/mol. The zero-order valence-electron chi connectivity index (χ0n) is 12.3. The molecule has 0 saturated carbocycles. The molecule has 0 bridgehead atoms. The van der Waals surface area contributed by atoms with Crippen molar-refractivity contribution >= 4 is 5.69 Å². The molecule has 0 amide bonds. The van der Waals surface area contributed by atoms with Crippen LogP contribution in [0.3, 0.4) is 0 Å². The number of nitrogens with zero attached hydrogens (tertiary/aromatic N) is 2. The normalized spacial score (nSPS) is 12.6. The number of hydrogen-bond acceptors (Lipinski definition) is 4. The Morgan fingerprint density at radius 3 is 2.25 bits per heavy atom. The third-order valence-corrected chi connectivity index (χ3v) is 3.18. The summed E-state index contributed by atoms with van der Waals surface area (Å²) in [5, 5.41) is 21.0. The van der Waals surface area contributed by atoms with Gasteiger partial charge in [0.2, 0.25) is 0 Å². The Morgan fingerprint density at radius 2 is 1.80 bits per heavy atom. The molecule has 1 aromatic rings. The summed E-state index contributed by atoms with van der Waals surface area (Å²) in [6.45, 7) is 8.75. The molecule has 0 aliphatic heterocycles. The molecule has 0 saturated heterocycles. The lowest BCUT2D eigenvalue weighted by Gasteiger charge is -2.32. The molecule has 0 spiro atoms. The van der Waals surface area contributed by atoms with Crippen molar-refractivity contribution in [3.05, 3.63) is 39.9 Å². The van der Waals surface area contributed by atoms with Crippen LogP contribution in [0.1, 0.15) is 39.4 Å². The Kier molecular flexibility index (Phi) is 7.71. The molecule has 20 heavy (non-hydrogen) atoms. The van der Waals surface area contributed by atoms with E-state index in [-0.39, 0.29) is 18.1 Å². The molecular weight excluding hydrogens is 280 g/mol. The molecule has 0 heterocycles. The number of hydrogen-bond donors (Lipinski definition) is 1. The first-order valence-corrected chi connectivity index (χ1v) is 6.51. The Morgan fingerprint density at radius 1 is 1.25 bits per heavy atom. The van der Waals surface area contributed by atoms with Crippen molar-refractivity contribution in [2.24, 2.45) is 0 Å². The van der Waals surface area contributed by atoms with Gasteiger partial charge in [-0.3, -0.25) is 15.0 Å². The van der Waals surface area contributed by atoms with Gasteiger partial charge in [0.05, 0.1) is 11.0 Å². The van der Waals surface area contributed by atoms with Gasteiger partial charge in [-0.25, -0.2) is 0 Å². The van der Waals surface area contributed by atoms with Crippen LogP contribution in [0.5, 0.6) is 0 Å². The molecule has 1 rings (SSSR count). The maximum Gasteiger partial charge on any atom is 0.269 e. The SMILES string of the molecule is CC(C)N(CC(O)c1cccc([N+](=O)[O-])c1)C(C)C.[Cl-]. The lowest BCUT2D eigenvalue weighted by Crippen LogP contribution is -3.00. The maximum absolute atomic E-state index is 10.7. The van der Waals surface area contributed by atoms with Crippen molar-refractivity contribution in [3.8, 4) is 0 Å².